The molecule has 4 aliphatic heterocycles. The third kappa shape index (κ3) is 6.79. The molecule has 15 heteroatoms. The summed E-state index contributed by atoms with van der Waals surface area (Å²) in [5.41, 5.74) is 3.12. The molecule has 4 amide bonds. The van der Waals surface area contributed by atoms with Crippen molar-refractivity contribution in [1.29, 1.82) is 0 Å². The van der Waals surface area contributed by atoms with Crippen molar-refractivity contribution in [2.24, 2.45) is 7.05 Å². The van der Waals surface area contributed by atoms with Crippen molar-refractivity contribution in [3.05, 3.63) is 85.7 Å². The molecule has 3 atom stereocenters. The Morgan fingerprint density at radius 3 is 2.43 bits per heavy atom. The zero-order valence-electron chi connectivity index (χ0n) is 28.3. The molecule has 14 nitrogen and oxygen atoms in total. The van der Waals surface area contributed by atoms with Gasteiger partial charge in [-0.05, 0) is 71.6 Å². The summed E-state index contributed by atoms with van der Waals surface area (Å²) in [5, 5.41) is 9.83. The van der Waals surface area contributed by atoms with Crippen molar-refractivity contribution < 1.29 is 28.7 Å². The maximum atomic E-state index is 13.6. The fourth-order valence-corrected chi connectivity index (χ4v) is 8.06. The van der Waals surface area contributed by atoms with Gasteiger partial charge in [0.15, 0.2) is 0 Å². The number of piperidine rings is 3. The summed E-state index contributed by atoms with van der Waals surface area (Å²) < 4.78 is 7.63. The van der Waals surface area contributed by atoms with Gasteiger partial charge in [0.1, 0.15) is 16.6 Å². The average molecular weight is 761 g/mol. The van der Waals surface area contributed by atoms with E-state index in [0.717, 1.165) is 30.0 Å². The number of hydrogen-bond donors (Lipinski definition) is 2. The lowest BCUT2D eigenvalue weighted by atomic mass is 9.88. The molecular formula is C36H38BrN7O7. The summed E-state index contributed by atoms with van der Waals surface area (Å²) in [6, 6.07) is 11.7. The van der Waals surface area contributed by atoms with Gasteiger partial charge in [-0.1, -0.05) is 18.2 Å². The largest absolute Gasteiger partial charge is 0.459 e. The molecule has 1 aromatic heterocycles. The summed E-state index contributed by atoms with van der Waals surface area (Å²) in [6.45, 7) is 2.67. The predicted molar refractivity (Wildman–Crippen MR) is 190 cm³/mol. The molecule has 3 aromatic rings. The summed E-state index contributed by atoms with van der Waals surface area (Å²) in [6.07, 6.45) is 3.40. The molecule has 51 heavy (non-hydrogen) atoms. The van der Waals surface area contributed by atoms with E-state index < -0.39 is 35.6 Å². The second-order valence-corrected chi connectivity index (χ2v) is 14.4. The van der Waals surface area contributed by atoms with Crippen LogP contribution >= 0.6 is 15.9 Å². The van der Waals surface area contributed by atoms with E-state index in [0.29, 0.717) is 47.3 Å². The molecular weight excluding hydrogens is 722 g/mol. The molecule has 3 fully saturated rings. The number of hydrogen-bond acceptors (Lipinski definition) is 11. The second kappa shape index (κ2) is 14.0. The van der Waals surface area contributed by atoms with Crippen molar-refractivity contribution >= 4 is 56.9 Å². The number of imide groups is 2. The Morgan fingerprint density at radius 2 is 1.71 bits per heavy atom. The number of carbonyl (C=O) groups is 5. The van der Waals surface area contributed by atoms with E-state index in [4.69, 9.17) is 4.74 Å². The molecule has 0 saturated carbocycles. The van der Waals surface area contributed by atoms with Crippen LogP contribution in [0.1, 0.15) is 74.7 Å². The highest BCUT2D eigenvalue weighted by Crippen LogP contribution is 2.36. The van der Waals surface area contributed by atoms with E-state index in [-0.39, 0.29) is 47.6 Å². The van der Waals surface area contributed by atoms with Gasteiger partial charge in [-0.2, -0.15) is 5.10 Å². The topological polar surface area (TPSA) is 163 Å². The van der Waals surface area contributed by atoms with Gasteiger partial charge in [0.2, 0.25) is 11.8 Å². The first kappa shape index (κ1) is 34.6. The van der Waals surface area contributed by atoms with Crippen LogP contribution in [0, 0.1) is 0 Å². The van der Waals surface area contributed by atoms with E-state index in [1.807, 2.05) is 17.0 Å². The summed E-state index contributed by atoms with van der Waals surface area (Å²) >= 11 is 3.40. The molecule has 7 rings (SSSR count). The third-order valence-electron chi connectivity index (χ3n) is 10.2. The Bertz CT molecular complexity index is 1970. The molecule has 3 saturated heterocycles. The second-order valence-electron chi connectivity index (χ2n) is 13.7. The van der Waals surface area contributed by atoms with Crippen LogP contribution in [0.2, 0.25) is 0 Å². The molecule has 266 valence electrons. The van der Waals surface area contributed by atoms with Crippen LogP contribution in [-0.4, -0.2) is 101 Å². The molecule has 0 bridgehead atoms. The number of rotatable bonds is 7. The van der Waals surface area contributed by atoms with Gasteiger partial charge in [-0.15, -0.1) is 0 Å². The van der Waals surface area contributed by atoms with E-state index in [1.165, 1.54) is 4.68 Å². The smallest absolute Gasteiger partial charge is 0.338 e. The molecule has 0 radical (unpaired) electrons. The predicted octanol–water partition coefficient (Wildman–Crippen LogP) is 2.67. The number of likely N-dealkylation sites (tertiary alicyclic amines) is 1. The maximum Gasteiger partial charge on any atom is 0.338 e. The molecule has 2 aromatic carbocycles. The van der Waals surface area contributed by atoms with E-state index >= 15 is 0 Å². The number of esters is 1. The molecule has 0 spiro atoms. The minimum Gasteiger partial charge on any atom is -0.459 e. The van der Waals surface area contributed by atoms with E-state index in [2.05, 4.69) is 43.6 Å². The fraction of sp³-hybridized carbons (Fsp3) is 0.417. The van der Waals surface area contributed by atoms with Gasteiger partial charge in [-0.3, -0.25) is 34.2 Å². The number of carbonyl (C=O) groups excluding carboxylic acids is 5. The Hall–Kier alpha value is -4.89. The van der Waals surface area contributed by atoms with Crippen LogP contribution in [0.5, 0.6) is 0 Å². The number of aryl methyl sites for hydroxylation is 1. The first-order valence-corrected chi connectivity index (χ1v) is 17.8. The summed E-state index contributed by atoms with van der Waals surface area (Å²) in [7, 11) is 3.67. The monoisotopic (exact) mass is 759 g/mol. The molecule has 4 aliphatic rings. The van der Waals surface area contributed by atoms with Crippen molar-refractivity contribution in [3.63, 3.8) is 0 Å². The average Bonchev–Trinajstić information content (AvgIpc) is 3.37. The first-order chi connectivity index (χ1) is 24.5. The van der Waals surface area contributed by atoms with Gasteiger partial charge < -0.3 is 19.9 Å². The first-order valence-electron chi connectivity index (χ1n) is 17.1. The number of aromatic nitrogens is 2. The summed E-state index contributed by atoms with van der Waals surface area (Å²) in [5.74, 6) is -2.34. The molecule has 0 aliphatic carbocycles. The van der Waals surface area contributed by atoms with Crippen molar-refractivity contribution in [1.82, 2.24) is 24.9 Å². The Kier molecular flexibility index (Phi) is 9.50. The van der Waals surface area contributed by atoms with E-state index in [1.54, 1.807) is 43.6 Å². The Balaban J connectivity index is 0.950. The lowest BCUT2D eigenvalue weighted by Crippen LogP contribution is -2.54. The lowest BCUT2D eigenvalue weighted by Gasteiger charge is -2.37. The quantitative estimate of drug-likeness (QED) is 0.269. The van der Waals surface area contributed by atoms with Gasteiger partial charge >= 0.3 is 5.97 Å². The van der Waals surface area contributed by atoms with Crippen molar-refractivity contribution in [3.8, 4) is 0 Å². The highest BCUT2D eigenvalue weighted by Gasteiger charge is 2.46. The fourth-order valence-electron chi connectivity index (χ4n) is 7.58. The molecule has 2 N–H and O–H groups in total. The van der Waals surface area contributed by atoms with Crippen LogP contribution in [0.3, 0.4) is 0 Å². The molecule has 5 heterocycles. The van der Waals surface area contributed by atoms with Gasteiger partial charge in [-0.25, -0.2) is 9.48 Å². The maximum absolute atomic E-state index is 13.6. The van der Waals surface area contributed by atoms with Crippen LogP contribution < -0.4 is 21.1 Å². The highest BCUT2D eigenvalue weighted by molar-refractivity contribution is 9.10. The zero-order valence-corrected chi connectivity index (χ0v) is 29.8. The van der Waals surface area contributed by atoms with Crippen LogP contribution in [0.15, 0.2) is 57.9 Å². The Labute approximate surface area is 302 Å². The zero-order chi connectivity index (χ0) is 36.0. The highest BCUT2D eigenvalue weighted by atomic mass is 79.9. The minimum atomic E-state index is -1.03. The standard InChI is InChI=1S/C36H38BrN7O7/c1-41-18-22(16-23(19-41)39-26-17-38-42(2)35(49)31(26)37)20-6-8-21(9-7-20)36(50)51-24-12-14-43(15-13-24)27-5-3-4-25-30(27)34(48)44(33(25)47)28-10-11-29(45)40-32(28)46/h3-9,17,22-24,28,39H,10-16,18-19H2,1-2H3,(H,40,45,46)/t22-,23+,28?/m0/s1. The lowest BCUT2D eigenvalue weighted by molar-refractivity contribution is -0.136. The summed E-state index contributed by atoms with van der Waals surface area (Å²) in [4.78, 5) is 81.7. The van der Waals surface area contributed by atoms with E-state index in [9.17, 15) is 28.8 Å². The normalized spacial score (nSPS) is 22.9. The Morgan fingerprint density at radius 1 is 0.961 bits per heavy atom. The van der Waals surface area contributed by atoms with Crippen LogP contribution in [-0.2, 0) is 21.4 Å². The number of anilines is 2. The number of amides is 4. The number of nitrogens with zero attached hydrogens (tertiary/aromatic N) is 5. The number of likely N-dealkylation sites (N-methyl/N-ethyl adjacent to an activating group) is 1. The number of benzene rings is 2. The SMILES string of the molecule is CN1C[C@H](Nc2cnn(C)c(=O)c2Br)C[C@H](c2ccc(C(=O)OC3CCN(c4cccc5c4C(=O)N(C4CCC(=O)NC4=O)C5=O)CC3)cc2)C1. The number of fused-ring (bicyclic) bond motifs is 1. The van der Waals surface area contributed by atoms with Gasteiger partial charge in [0.05, 0.1) is 34.3 Å². The third-order valence-corrected chi connectivity index (χ3v) is 11.0. The number of nitrogens with one attached hydrogen (secondary N) is 2. The number of halogens is 1. The number of ether oxygens (including phenoxy) is 1. The minimum absolute atomic E-state index is 0.0557. The van der Waals surface area contributed by atoms with Gasteiger partial charge in [0.25, 0.3) is 17.4 Å². The van der Waals surface area contributed by atoms with Crippen molar-refractivity contribution in [2.45, 2.75) is 56.2 Å². The molecule has 1 unspecified atom stereocenters. The van der Waals surface area contributed by atoms with Crippen molar-refractivity contribution in [2.75, 3.05) is 43.4 Å². The van der Waals surface area contributed by atoms with Crippen LogP contribution in [0.4, 0.5) is 11.4 Å². The van der Waals surface area contributed by atoms with Gasteiger partial charge in [0, 0.05) is 58.5 Å². The van der Waals surface area contributed by atoms with Crippen LogP contribution in [0.25, 0.3) is 0 Å².